The van der Waals surface area contributed by atoms with Gasteiger partial charge in [0, 0.05) is 31.5 Å². The molecule has 1 aromatic carbocycles. The molecule has 0 bridgehead atoms. The zero-order valence-electron chi connectivity index (χ0n) is 12.8. The fraction of sp³-hybridized carbons (Fsp3) is 0.625. The largest absolute Gasteiger partial charge is 0.391 e. The van der Waals surface area contributed by atoms with E-state index in [4.69, 9.17) is 0 Å². The van der Waals surface area contributed by atoms with Crippen molar-refractivity contribution in [2.45, 2.75) is 44.8 Å². The number of halogens is 3. The maximum absolute atomic E-state index is 12.8. The Morgan fingerprint density at radius 3 is 2.48 bits per heavy atom. The Bertz CT molecular complexity index is 483. The summed E-state index contributed by atoms with van der Waals surface area (Å²) in [5.74, 6) is -1.16. The Balaban J connectivity index is 2.04. The van der Waals surface area contributed by atoms with Gasteiger partial charge in [-0.3, -0.25) is 0 Å². The molecule has 0 aliphatic heterocycles. The summed E-state index contributed by atoms with van der Waals surface area (Å²) in [6, 6.07) is 5.91. The van der Waals surface area contributed by atoms with Gasteiger partial charge in [-0.15, -0.1) is 0 Å². The van der Waals surface area contributed by atoms with Crippen LogP contribution in [-0.4, -0.2) is 26.3 Å². The molecule has 1 aliphatic rings. The van der Waals surface area contributed by atoms with E-state index in [9.17, 15) is 13.2 Å². The van der Waals surface area contributed by atoms with Crippen molar-refractivity contribution in [1.82, 2.24) is 0 Å². The van der Waals surface area contributed by atoms with Crippen LogP contribution in [0, 0.1) is 12.8 Å². The van der Waals surface area contributed by atoms with Crippen molar-refractivity contribution in [2.75, 3.05) is 24.3 Å². The molecule has 1 aromatic rings. The average molecular weight is 300 g/mol. The monoisotopic (exact) mass is 300 g/mol. The summed E-state index contributed by atoms with van der Waals surface area (Å²) in [6.07, 6.45) is -2.18. The molecule has 0 saturated heterocycles. The Hall–Kier alpha value is -1.39. The van der Waals surface area contributed by atoms with Crippen LogP contribution in [-0.2, 0) is 0 Å². The number of hydrogen-bond acceptors (Lipinski definition) is 2. The van der Waals surface area contributed by atoms with Gasteiger partial charge in [-0.05, 0) is 49.9 Å². The first-order chi connectivity index (χ1) is 9.77. The topological polar surface area (TPSA) is 15.3 Å². The first-order valence-corrected chi connectivity index (χ1v) is 7.38. The van der Waals surface area contributed by atoms with Crippen LogP contribution < -0.4 is 10.2 Å². The maximum atomic E-state index is 12.8. The molecule has 2 rings (SSSR count). The normalized spacial score (nSPS) is 23.0. The highest BCUT2D eigenvalue weighted by molar-refractivity contribution is 5.60. The molecule has 1 fully saturated rings. The van der Waals surface area contributed by atoms with Gasteiger partial charge in [0.25, 0.3) is 0 Å². The lowest BCUT2D eigenvalue weighted by Gasteiger charge is -2.32. The van der Waals surface area contributed by atoms with E-state index in [1.165, 1.54) is 0 Å². The Morgan fingerprint density at radius 2 is 1.90 bits per heavy atom. The molecular formula is C16H23F3N2. The van der Waals surface area contributed by atoms with Gasteiger partial charge in [0.15, 0.2) is 0 Å². The van der Waals surface area contributed by atoms with Crippen LogP contribution >= 0.6 is 0 Å². The van der Waals surface area contributed by atoms with Gasteiger partial charge in [0.2, 0.25) is 0 Å². The fourth-order valence-corrected chi connectivity index (χ4v) is 2.93. The highest BCUT2D eigenvalue weighted by Gasteiger charge is 2.42. The third-order valence-electron chi connectivity index (χ3n) is 4.22. The minimum absolute atomic E-state index is 0.0886. The Labute approximate surface area is 124 Å². The number of aryl methyl sites for hydroxylation is 1. The summed E-state index contributed by atoms with van der Waals surface area (Å²) in [5.41, 5.74) is 3.10. The van der Waals surface area contributed by atoms with E-state index in [0.29, 0.717) is 6.42 Å². The number of hydrogen-bond donors (Lipinski definition) is 1. The minimum atomic E-state index is -4.07. The molecule has 1 N–H and O–H groups in total. The number of anilines is 2. The lowest BCUT2D eigenvalue weighted by atomic mass is 9.85. The summed E-state index contributed by atoms with van der Waals surface area (Å²) < 4.78 is 38.5. The second-order valence-electron chi connectivity index (χ2n) is 6.14. The van der Waals surface area contributed by atoms with Gasteiger partial charge in [-0.2, -0.15) is 13.2 Å². The molecule has 2 nitrogen and oxygen atoms in total. The molecule has 1 aliphatic carbocycles. The van der Waals surface area contributed by atoms with E-state index < -0.39 is 12.1 Å². The van der Waals surface area contributed by atoms with E-state index >= 15 is 0 Å². The quantitative estimate of drug-likeness (QED) is 0.878. The van der Waals surface area contributed by atoms with Gasteiger partial charge in [-0.25, -0.2) is 0 Å². The second kappa shape index (κ2) is 6.16. The van der Waals surface area contributed by atoms with Crippen molar-refractivity contribution in [2.24, 2.45) is 5.92 Å². The van der Waals surface area contributed by atoms with E-state index in [1.54, 1.807) is 0 Å². The fourth-order valence-electron chi connectivity index (χ4n) is 2.93. The van der Waals surface area contributed by atoms with Crippen LogP contribution in [0.25, 0.3) is 0 Å². The van der Waals surface area contributed by atoms with E-state index in [0.717, 1.165) is 23.4 Å². The Morgan fingerprint density at radius 1 is 1.19 bits per heavy atom. The molecule has 1 saturated carbocycles. The van der Waals surface area contributed by atoms with Gasteiger partial charge >= 0.3 is 6.18 Å². The van der Waals surface area contributed by atoms with Crippen molar-refractivity contribution in [3.63, 3.8) is 0 Å². The van der Waals surface area contributed by atoms with Crippen LogP contribution in [0.3, 0.4) is 0 Å². The van der Waals surface area contributed by atoms with Crippen LogP contribution in [0.2, 0.25) is 0 Å². The van der Waals surface area contributed by atoms with Crippen molar-refractivity contribution >= 4 is 11.4 Å². The predicted molar refractivity (Wildman–Crippen MR) is 80.9 cm³/mol. The summed E-state index contributed by atoms with van der Waals surface area (Å²) in [6.45, 7) is 1.99. The predicted octanol–water partition coefficient (Wildman–Crippen LogP) is 4.59. The first kappa shape index (κ1) is 16.0. The van der Waals surface area contributed by atoms with Crippen LogP contribution in [0.5, 0.6) is 0 Å². The van der Waals surface area contributed by atoms with E-state index in [2.05, 4.69) is 5.32 Å². The van der Waals surface area contributed by atoms with Crippen molar-refractivity contribution < 1.29 is 13.2 Å². The van der Waals surface area contributed by atoms with Gasteiger partial charge < -0.3 is 10.2 Å². The van der Waals surface area contributed by atoms with Crippen LogP contribution in [0.1, 0.15) is 31.2 Å². The first-order valence-electron chi connectivity index (χ1n) is 7.38. The molecule has 5 heteroatoms. The molecule has 2 unspecified atom stereocenters. The molecule has 0 aromatic heterocycles. The number of benzene rings is 1. The number of nitrogens with zero attached hydrogens (tertiary/aromatic N) is 1. The minimum Gasteiger partial charge on any atom is -0.382 e. The van der Waals surface area contributed by atoms with E-state index in [1.807, 2.05) is 44.1 Å². The third-order valence-corrected chi connectivity index (χ3v) is 4.22. The SMILES string of the molecule is Cc1cc(N(C)C)ccc1NC1CCCC(C(F)(F)F)C1. The second-order valence-corrected chi connectivity index (χ2v) is 6.14. The summed E-state index contributed by atoms with van der Waals surface area (Å²) >= 11 is 0. The number of nitrogens with one attached hydrogen (secondary N) is 1. The molecule has 0 radical (unpaired) electrons. The summed E-state index contributed by atoms with van der Waals surface area (Å²) in [7, 11) is 3.94. The zero-order valence-corrected chi connectivity index (χ0v) is 12.8. The smallest absolute Gasteiger partial charge is 0.382 e. The number of rotatable bonds is 3. The van der Waals surface area contributed by atoms with Gasteiger partial charge in [-0.1, -0.05) is 6.42 Å². The molecule has 118 valence electrons. The van der Waals surface area contributed by atoms with Crippen molar-refractivity contribution in [1.29, 1.82) is 0 Å². The molecule has 0 spiro atoms. The van der Waals surface area contributed by atoms with Crippen molar-refractivity contribution in [3.05, 3.63) is 23.8 Å². The molecule has 2 atom stereocenters. The zero-order chi connectivity index (χ0) is 15.6. The highest BCUT2D eigenvalue weighted by Crippen LogP contribution is 2.38. The van der Waals surface area contributed by atoms with E-state index in [-0.39, 0.29) is 18.9 Å². The average Bonchev–Trinajstić information content (AvgIpc) is 2.40. The van der Waals surface area contributed by atoms with Crippen LogP contribution in [0.4, 0.5) is 24.5 Å². The Kier molecular flexibility index (Phi) is 4.69. The highest BCUT2D eigenvalue weighted by atomic mass is 19.4. The van der Waals surface area contributed by atoms with Gasteiger partial charge in [0.1, 0.15) is 0 Å². The molecule has 0 heterocycles. The lowest BCUT2D eigenvalue weighted by Crippen LogP contribution is -2.34. The molecular weight excluding hydrogens is 277 g/mol. The maximum Gasteiger partial charge on any atom is 0.391 e. The van der Waals surface area contributed by atoms with Crippen LogP contribution in [0.15, 0.2) is 18.2 Å². The summed E-state index contributed by atoms with van der Waals surface area (Å²) in [5, 5.41) is 3.30. The third kappa shape index (κ3) is 4.05. The molecule has 0 amide bonds. The van der Waals surface area contributed by atoms with Crippen molar-refractivity contribution in [3.8, 4) is 0 Å². The van der Waals surface area contributed by atoms with Gasteiger partial charge in [0.05, 0.1) is 5.92 Å². The number of alkyl halides is 3. The standard InChI is InChI=1S/C16H23F3N2/c1-11-9-14(21(2)3)7-8-15(11)20-13-6-4-5-12(10-13)16(17,18)19/h7-9,12-13,20H,4-6,10H2,1-3H3. The summed E-state index contributed by atoms with van der Waals surface area (Å²) in [4.78, 5) is 2.01. The molecule has 21 heavy (non-hydrogen) atoms. The lowest BCUT2D eigenvalue weighted by molar-refractivity contribution is -0.182.